The number of benzene rings is 2. The Bertz CT molecular complexity index is 799. The van der Waals surface area contributed by atoms with Gasteiger partial charge in [-0.25, -0.2) is 0 Å². The molecule has 1 aliphatic rings. The van der Waals surface area contributed by atoms with Gasteiger partial charge < -0.3 is 5.32 Å². The lowest BCUT2D eigenvalue weighted by Crippen LogP contribution is -2.29. The molecule has 0 heterocycles. The first-order valence-corrected chi connectivity index (χ1v) is 7.95. The molecule has 1 amide bonds. The molecule has 2 aromatic carbocycles. The van der Waals surface area contributed by atoms with Crippen molar-refractivity contribution in [2.75, 3.05) is 0 Å². The Labute approximate surface area is 140 Å². The number of amides is 1. The summed E-state index contributed by atoms with van der Waals surface area (Å²) >= 11 is 0. The van der Waals surface area contributed by atoms with E-state index in [1.54, 1.807) is 18.2 Å². The number of hydrogen-bond donors (Lipinski definition) is 1. The van der Waals surface area contributed by atoms with Crippen LogP contribution in [0.4, 0.5) is 5.69 Å². The van der Waals surface area contributed by atoms with E-state index in [0.29, 0.717) is 5.56 Å². The predicted octanol–water partition coefficient (Wildman–Crippen LogP) is 3.80. The average molecular weight is 322 g/mol. The molecule has 1 aliphatic carbocycles. The molecule has 0 saturated heterocycles. The van der Waals surface area contributed by atoms with Gasteiger partial charge >= 0.3 is 0 Å². The van der Waals surface area contributed by atoms with E-state index >= 15 is 0 Å². The van der Waals surface area contributed by atoms with Crippen molar-refractivity contribution in [1.29, 1.82) is 0 Å². The van der Waals surface area contributed by atoms with Crippen LogP contribution in [0.2, 0.25) is 0 Å². The Morgan fingerprint density at radius 3 is 2.75 bits per heavy atom. The van der Waals surface area contributed by atoms with Gasteiger partial charge in [-0.3, -0.25) is 14.9 Å². The number of carbonyl (C=O) groups excluding carboxylic acids is 1. The third kappa shape index (κ3) is 3.51. The second kappa shape index (κ2) is 7.08. The molecule has 1 N–H and O–H groups in total. The third-order valence-electron chi connectivity index (χ3n) is 4.23. The third-order valence-corrected chi connectivity index (χ3v) is 4.23. The molecule has 0 aromatic heterocycles. The summed E-state index contributed by atoms with van der Waals surface area (Å²) in [5.74, 6) is -0.241. The molecule has 2 aromatic rings. The number of nitro groups is 1. The summed E-state index contributed by atoms with van der Waals surface area (Å²) in [4.78, 5) is 22.8. The van der Waals surface area contributed by atoms with Gasteiger partial charge in [-0.1, -0.05) is 36.4 Å². The van der Waals surface area contributed by atoms with Gasteiger partial charge in [-0.2, -0.15) is 0 Å². The minimum atomic E-state index is -0.449. The fraction of sp³-hybridized carbons (Fsp3) is 0.211. The highest BCUT2D eigenvalue weighted by molar-refractivity contribution is 5.92. The molecule has 24 heavy (non-hydrogen) atoms. The van der Waals surface area contributed by atoms with E-state index in [1.807, 2.05) is 18.2 Å². The minimum absolute atomic E-state index is 0.00198. The summed E-state index contributed by atoms with van der Waals surface area (Å²) in [6.45, 7) is 0. The number of hydrogen-bond acceptors (Lipinski definition) is 3. The lowest BCUT2D eigenvalue weighted by molar-refractivity contribution is -0.385. The van der Waals surface area contributed by atoms with Crippen LogP contribution in [0, 0.1) is 10.1 Å². The van der Waals surface area contributed by atoms with Crippen molar-refractivity contribution in [1.82, 2.24) is 5.32 Å². The number of rotatable bonds is 4. The largest absolute Gasteiger partial charge is 0.346 e. The smallest absolute Gasteiger partial charge is 0.276 e. The standard InChI is InChI=1S/C19H18N2O3/c22-19(13-12-15-7-2-4-11-18(15)21(23)24)20-17-10-5-8-14-6-1-3-9-16(14)17/h1-4,6-7,9,11-13,17H,5,8,10H2,(H,20,22)/b13-12+/t17-/m0/s1. The number of carbonyl (C=O) groups is 1. The van der Waals surface area contributed by atoms with E-state index in [-0.39, 0.29) is 17.6 Å². The average Bonchev–Trinajstić information content (AvgIpc) is 2.60. The molecule has 5 heteroatoms. The fourth-order valence-electron chi connectivity index (χ4n) is 3.08. The number of para-hydroxylation sites is 1. The number of aryl methyl sites for hydroxylation is 1. The van der Waals surface area contributed by atoms with E-state index in [1.165, 1.54) is 23.8 Å². The molecule has 0 aliphatic heterocycles. The number of nitrogens with one attached hydrogen (secondary N) is 1. The summed E-state index contributed by atoms with van der Waals surface area (Å²) in [6, 6.07) is 14.5. The molecule has 0 spiro atoms. The van der Waals surface area contributed by atoms with E-state index in [2.05, 4.69) is 11.4 Å². The van der Waals surface area contributed by atoms with Gasteiger partial charge in [0.25, 0.3) is 5.69 Å². The van der Waals surface area contributed by atoms with Crippen LogP contribution in [0.15, 0.2) is 54.6 Å². The highest BCUT2D eigenvalue weighted by atomic mass is 16.6. The van der Waals surface area contributed by atoms with Gasteiger partial charge in [0, 0.05) is 12.1 Å². The molecule has 5 nitrogen and oxygen atoms in total. The first-order chi connectivity index (χ1) is 11.6. The van der Waals surface area contributed by atoms with Crippen molar-refractivity contribution in [3.63, 3.8) is 0 Å². The molecule has 0 unspecified atom stereocenters. The molecule has 1 atom stereocenters. The number of nitro benzene ring substituents is 1. The normalized spacial score (nSPS) is 16.6. The van der Waals surface area contributed by atoms with Gasteiger partial charge in [-0.05, 0) is 42.5 Å². The van der Waals surface area contributed by atoms with Gasteiger partial charge in [0.15, 0.2) is 0 Å². The van der Waals surface area contributed by atoms with Crippen LogP contribution in [0.3, 0.4) is 0 Å². The Morgan fingerprint density at radius 2 is 1.92 bits per heavy atom. The maximum absolute atomic E-state index is 12.2. The van der Waals surface area contributed by atoms with E-state index in [9.17, 15) is 14.9 Å². The Morgan fingerprint density at radius 1 is 1.17 bits per heavy atom. The van der Waals surface area contributed by atoms with E-state index in [0.717, 1.165) is 24.8 Å². The first-order valence-electron chi connectivity index (χ1n) is 7.95. The zero-order chi connectivity index (χ0) is 16.9. The number of fused-ring (bicyclic) bond motifs is 1. The molecule has 122 valence electrons. The highest BCUT2D eigenvalue weighted by Crippen LogP contribution is 2.29. The first kappa shape index (κ1) is 15.9. The lowest BCUT2D eigenvalue weighted by atomic mass is 9.88. The Balaban J connectivity index is 1.72. The quantitative estimate of drug-likeness (QED) is 0.528. The van der Waals surface area contributed by atoms with E-state index < -0.39 is 4.92 Å². The molecular weight excluding hydrogens is 304 g/mol. The topological polar surface area (TPSA) is 72.2 Å². The minimum Gasteiger partial charge on any atom is -0.346 e. The fourth-order valence-corrected chi connectivity index (χ4v) is 3.08. The number of nitrogens with zero attached hydrogens (tertiary/aromatic N) is 1. The molecule has 3 rings (SSSR count). The maximum atomic E-state index is 12.2. The maximum Gasteiger partial charge on any atom is 0.276 e. The van der Waals surface area contributed by atoms with Crippen LogP contribution in [0.5, 0.6) is 0 Å². The summed E-state index contributed by atoms with van der Waals surface area (Å²) < 4.78 is 0. The second-order valence-corrected chi connectivity index (χ2v) is 5.80. The SMILES string of the molecule is O=C(/C=C/c1ccccc1[N+](=O)[O-])N[C@H]1CCCc2ccccc21. The summed E-state index contributed by atoms with van der Waals surface area (Å²) in [5.41, 5.74) is 2.85. The van der Waals surface area contributed by atoms with Gasteiger partial charge in [0.2, 0.25) is 5.91 Å². The summed E-state index contributed by atoms with van der Waals surface area (Å²) in [7, 11) is 0. The van der Waals surface area contributed by atoms with Crippen molar-refractivity contribution in [2.24, 2.45) is 0 Å². The molecule has 0 radical (unpaired) electrons. The van der Waals surface area contributed by atoms with Crippen LogP contribution < -0.4 is 5.32 Å². The Kier molecular flexibility index (Phi) is 4.70. The molecule has 0 saturated carbocycles. The van der Waals surface area contributed by atoms with Crippen LogP contribution in [0.25, 0.3) is 6.08 Å². The van der Waals surface area contributed by atoms with Crippen LogP contribution >= 0.6 is 0 Å². The molecular formula is C19H18N2O3. The van der Waals surface area contributed by atoms with E-state index in [4.69, 9.17) is 0 Å². The Hall–Kier alpha value is -2.95. The van der Waals surface area contributed by atoms with Crippen LogP contribution in [-0.4, -0.2) is 10.8 Å². The van der Waals surface area contributed by atoms with Gasteiger partial charge in [0.1, 0.15) is 0 Å². The van der Waals surface area contributed by atoms with Gasteiger partial charge in [0.05, 0.1) is 16.5 Å². The lowest BCUT2D eigenvalue weighted by Gasteiger charge is -2.25. The van der Waals surface area contributed by atoms with Crippen LogP contribution in [0.1, 0.15) is 35.6 Å². The monoisotopic (exact) mass is 322 g/mol. The van der Waals surface area contributed by atoms with Crippen molar-refractivity contribution < 1.29 is 9.72 Å². The van der Waals surface area contributed by atoms with Crippen molar-refractivity contribution in [3.8, 4) is 0 Å². The second-order valence-electron chi connectivity index (χ2n) is 5.80. The summed E-state index contributed by atoms with van der Waals surface area (Å²) in [5, 5.41) is 14.0. The van der Waals surface area contributed by atoms with Crippen molar-refractivity contribution in [2.45, 2.75) is 25.3 Å². The zero-order valence-electron chi connectivity index (χ0n) is 13.1. The molecule has 0 bridgehead atoms. The molecule has 0 fully saturated rings. The highest BCUT2D eigenvalue weighted by Gasteiger charge is 2.20. The van der Waals surface area contributed by atoms with Crippen molar-refractivity contribution >= 4 is 17.7 Å². The zero-order valence-corrected chi connectivity index (χ0v) is 13.1. The van der Waals surface area contributed by atoms with Crippen molar-refractivity contribution in [3.05, 3.63) is 81.4 Å². The van der Waals surface area contributed by atoms with Gasteiger partial charge in [-0.15, -0.1) is 0 Å². The summed E-state index contributed by atoms with van der Waals surface area (Å²) in [6.07, 6.45) is 5.83. The van der Waals surface area contributed by atoms with Crippen LogP contribution in [-0.2, 0) is 11.2 Å². The predicted molar refractivity (Wildman–Crippen MR) is 92.4 cm³/mol.